The Kier molecular flexibility index (Phi) is 3.88. The summed E-state index contributed by atoms with van der Waals surface area (Å²) in [4.78, 5) is 14.0. The highest BCUT2D eigenvalue weighted by Gasteiger charge is 2.18. The van der Waals surface area contributed by atoms with Crippen molar-refractivity contribution in [2.24, 2.45) is 0 Å². The molecule has 5 nitrogen and oxygen atoms in total. The molecule has 6 heteroatoms. The van der Waals surface area contributed by atoms with Gasteiger partial charge in [0, 0.05) is 23.3 Å². The van der Waals surface area contributed by atoms with Crippen LogP contribution in [0.15, 0.2) is 29.6 Å². The van der Waals surface area contributed by atoms with Crippen molar-refractivity contribution in [2.45, 2.75) is 13.3 Å². The fourth-order valence-electron chi connectivity index (χ4n) is 1.62. The molecule has 2 aromatic rings. The van der Waals surface area contributed by atoms with Gasteiger partial charge in [0.2, 0.25) is 0 Å². The Bertz CT molecular complexity index is 509. The summed E-state index contributed by atoms with van der Waals surface area (Å²) >= 11 is 1.17. The number of carbonyl (C=O) groups is 1. The van der Waals surface area contributed by atoms with Crippen molar-refractivity contribution >= 4 is 28.8 Å². The van der Waals surface area contributed by atoms with E-state index < -0.39 is 0 Å². The first-order valence-corrected chi connectivity index (χ1v) is 6.50. The summed E-state index contributed by atoms with van der Waals surface area (Å²) in [5.74, 6) is -0.129. The molecule has 0 aliphatic carbocycles. The van der Waals surface area contributed by atoms with Gasteiger partial charge in [-0.15, -0.1) is 5.10 Å². The highest BCUT2D eigenvalue weighted by Crippen LogP contribution is 2.19. The molecule has 1 aromatic heterocycles. The number of benzene rings is 1. The van der Waals surface area contributed by atoms with Crippen LogP contribution >= 0.6 is 11.5 Å². The summed E-state index contributed by atoms with van der Waals surface area (Å²) in [6.45, 7) is 2.66. The molecule has 18 heavy (non-hydrogen) atoms. The molecule has 0 spiro atoms. The number of carbonyl (C=O) groups excluding carboxylic acids is 1. The summed E-state index contributed by atoms with van der Waals surface area (Å²) in [5.41, 5.74) is 7.53. The van der Waals surface area contributed by atoms with Crippen LogP contribution in [0.25, 0.3) is 0 Å². The number of hydrogen-bond donors (Lipinski definition) is 1. The Labute approximate surface area is 109 Å². The molecule has 2 N–H and O–H groups in total. The van der Waals surface area contributed by atoms with E-state index in [-0.39, 0.29) is 5.91 Å². The van der Waals surface area contributed by atoms with Gasteiger partial charge in [0.05, 0.1) is 0 Å². The molecule has 1 aromatic carbocycles. The summed E-state index contributed by atoms with van der Waals surface area (Å²) < 4.78 is 3.72. The number of rotatable bonds is 4. The number of nitrogens with two attached hydrogens (primary N) is 1. The van der Waals surface area contributed by atoms with E-state index in [0.717, 1.165) is 12.1 Å². The van der Waals surface area contributed by atoms with Gasteiger partial charge in [0.1, 0.15) is 0 Å². The largest absolute Gasteiger partial charge is 0.399 e. The molecule has 94 valence electrons. The maximum atomic E-state index is 12.3. The molecule has 0 bridgehead atoms. The van der Waals surface area contributed by atoms with Crippen LogP contribution in [-0.4, -0.2) is 22.0 Å². The third-order valence-electron chi connectivity index (χ3n) is 2.48. The molecule has 0 saturated carbocycles. The number of hydrogen-bond acceptors (Lipinski definition) is 5. The van der Waals surface area contributed by atoms with Gasteiger partial charge in [-0.05, 0) is 42.2 Å². The van der Waals surface area contributed by atoms with Crippen molar-refractivity contribution < 1.29 is 4.79 Å². The lowest BCUT2D eigenvalue weighted by Gasteiger charge is -2.21. The van der Waals surface area contributed by atoms with E-state index in [1.54, 1.807) is 22.4 Å². The summed E-state index contributed by atoms with van der Waals surface area (Å²) in [6, 6.07) is 7.24. The van der Waals surface area contributed by atoms with Crippen LogP contribution in [0.4, 0.5) is 11.4 Å². The van der Waals surface area contributed by atoms with E-state index in [1.165, 1.54) is 11.5 Å². The Hall–Kier alpha value is -1.95. The van der Waals surface area contributed by atoms with Gasteiger partial charge >= 0.3 is 0 Å². The quantitative estimate of drug-likeness (QED) is 0.857. The second-order valence-electron chi connectivity index (χ2n) is 3.84. The number of nitrogen functional groups attached to an aromatic ring is 1. The van der Waals surface area contributed by atoms with E-state index in [0.29, 0.717) is 17.9 Å². The highest BCUT2D eigenvalue weighted by atomic mass is 32.1. The summed E-state index contributed by atoms with van der Waals surface area (Å²) in [7, 11) is 0. The predicted octanol–water partition coefficient (Wildman–Crippen LogP) is 2.18. The minimum absolute atomic E-state index is 0.129. The van der Waals surface area contributed by atoms with Crippen molar-refractivity contribution in [3.05, 3.63) is 35.3 Å². The smallest absolute Gasteiger partial charge is 0.279 e. The van der Waals surface area contributed by atoms with Crippen molar-refractivity contribution in [1.29, 1.82) is 0 Å². The molecule has 0 unspecified atom stereocenters. The maximum absolute atomic E-state index is 12.3. The molecular formula is C12H14N4OS. The fraction of sp³-hybridized carbons (Fsp3) is 0.250. The van der Waals surface area contributed by atoms with Crippen LogP contribution in [0, 0.1) is 0 Å². The zero-order chi connectivity index (χ0) is 13.0. The molecule has 0 saturated heterocycles. The van der Waals surface area contributed by atoms with Gasteiger partial charge in [-0.1, -0.05) is 11.4 Å². The number of amides is 1. The molecule has 0 aliphatic heterocycles. The Morgan fingerprint density at radius 2 is 2.11 bits per heavy atom. The minimum Gasteiger partial charge on any atom is -0.399 e. The zero-order valence-corrected chi connectivity index (χ0v) is 10.9. The van der Waals surface area contributed by atoms with Gasteiger partial charge in [-0.2, -0.15) is 0 Å². The molecule has 2 rings (SSSR count). The van der Waals surface area contributed by atoms with Crippen LogP contribution < -0.4 is 10.6 Å². The molecule has 0 fully saturated rings. The molecule has 0 radical (unpaired) electrons. The third-order valence-corrected chi connectivity index (χ3v) is 2.98. The maximum Gasteiger partial charge on any atom is 0.279 e. The van der Waals surface area contributed by atoms with Gasteiger partial charge in [-0.3, -0.25) is 4.79 Å². The first kappa shape index (κ1) is 12.5. The van der Waals surface area contributed by atoms with Crippen molar-refractivity contribution in [3.63, 3.8) is 0 Å². The zero-order valence-electron chi connectivity index (χ0n) is 10.0. The lowest BCUT2D eigenvalue weighted by molar-refractivity contribution is 0.0982. The first-order valence-electron chi connectivity index (χ1n) is 5.67. The Morgan fingerprint density at radius 1 is 1.39 bits per heavy atom. The second kappa shape index (κ2) is 5.59. The Morgan fingerprint density at radius 3 is 2.67 bits per heavy atom. The van der Waals surface area contributed by atoms with Crippen LogP contribution in [-0.2, 0) is 0 Å². The Balaban J connectivity index is 2.28. The average molecular weight is 262 g/mol. The van der Waals surface area contributed by atoms with Gasteiger partial charge in [0.15, 0.2) is 5.69 Å². The van der Waals surface area contributed by atoms with E-state index in [9.17, 15) is 4.79 Å². The van der Waals surface area contributed by atoms with Crippen LogP contribution in [0.5, 0.6) is 0 Å². The molecule has 0 atom stereocenters. The van der Waals surface area contributed by atoms with E-state index >= 15 is 0 Å². The highest BCUT2D eigenvalue weighted by molar-refractivity contribution is 7.03. The van der Waals surface area contributed by atoms with Gasteiger partial charge < -0.3 is 10.6 Å². The monoisotopic (exact) mass is 262 g/mol. The summed E-state index contributed by atoms with van der Waals surface area (Å²) in [6.07, 6.45) is 0.869. The topological polar surface area (TPSA) is 72.1 Å². The molecule has 0 aliphatic rings. The first-order chi connectivity index (χ1) is 8.72. The number of aromatic nitrogens is 2. The number of nitrogens with zero attached hydrogens (tertiary/aromatic N) is 3. The van der Waals surface area contributed by atoms with Crippen molar-refractivity contribution in [1.82, 2.24) is 9.59 Å². The lowest BCUT2D eigenvalue weighted by atomic mass is 10.2. The van der Waals surface area contributed by atoms with Crippen molar-refractivity contribution in [2.75, 3.05) is 17.2 Å². The SMILES string of the molecule is CCCN(C(=O)c1csnn1)c1ccc(N)cc1. The summed E-state index contributed by atoms with van der Waals surface area (Å²) in [5, 5.41) is 5.47. The minimum atomic E-state index is -0.129. The lowest BCUT2D eigenvalue weighted by Crippen LogP contribution is -2.31. The van der Waals surface area contributed by atoms with Gasteiger partial charge in [-0.25, -0.2) is 0 Å². The predicted molar refractivity (Wildman–Crippen MR) is 72.7 cm³/mol. The normalized spacial score (nSPS) is 10.3. The molecular weight excluding hydrogens is 248 g/mol. The van der Waals surface area contributed by atoms with Crippen LogP contribution in [0.1, 0.15) is 23.8 Å². The van der Waals surface area contributed by atoms with Crippen molar-refractivity contribution in [3.8, 4) is 0 Å². The number of anilines is 2. The average Bonchev–Trinajstić information content (AvgIpc) is 2.90. The molecule has 1 amide bonds. The van der Waals surface area contributed by atoms with E-state index in [4.69, 9.17) is 5.73 Å². The standard InChI is InChI=1S/C12H14N4OS/c1-2-7-16(10-5-3-9(13)4-6-10)12(17)11-8-18-15-14-11/h3-6,8H,2,7,13H2,1H3. The van der Waals surface area contributed by atoms with Crippen LogP contribution in [0.2, 0.25) is 0 Å². The third kappa shape index (κ3) is 2.65. The van der Waals surface area contributed by atoms with Crippen LogP contribution in [0.3, 0.4) is 0 Å². The van der Waals surface area contributed by atoms with E-state index in [2.05, 4.69) is 9.59 Å². The fourth-order valence-corrected chi connectivity index (χ4v) is 2.05. The molecule has 1 heterocycles. The van der Waals surface area contributed by atoms with E-state index in [1.807, 2.05) is 19.1 Å². The van der Waals surface area contributed by atoms with Gasteiger partial charge in [0.25, 0.3) is 5.91 Å². The second-order valence-corrected chi connectivity index (χ2v) is 4.45.